The van der Waals surface area contributed by atoms with Gasteiger partial charge in [-0.05, 0) is 24.6 Å². The summed E-state index contributed by atoms with van der Waals surface area (Å²) < 4.78 is 27.3. The first kappa shape index (κ1) is 12.2. The van der Waals surface area contributed by atoms with Crippen LogP contribution in [0.15, 0.2) is 24.4 Å². The number of rotatable bonds is 3. The maximum absolute atomic E-state index is 13.0. The molecule has 0 bridgehead atoms. The molecule has 2 aromatic rings. The second-order valence-electron chi connectivity index (χ2n) is 3.91. The second kappa shape index (κ2) is 4.56. The second-order valence-corrected chi connectivity index (χ2v) is 3.91. The first-order valence-electron chi connectivity index (χ1n) is 5.18. The van der Waals surface area contributed by atoms with E-state index in [9.17, 15) is 13.6 Å². The molecule has 0 unspecified atom stereocenters. The fraction of sp³-hybridized carbons (Fsp3) is 0.167. The van der Waals surface area contributed by atoms with Gasteiger partial charge in [0.2, 0.25) is 0 Å². The molecular weight excluding hydrogens is 242 g/mol. The molecule has 0 fully saturated rings. The third-order valence-electron chi connectivity index (χ3n) is 2.44. The Hall–Kier alpha value is -2.24. The molecule has 0 atom stereocenters. The maximum atomic E-state index is 13.0. The van der Waals surface area contributed by atoms with Gasteiger partial charge in [0.25, 0.3) is 0 Å². The van der Waals surface area contributed by atoms with Crippen LogP contribution in [0.25, 0.3) is 0 Å². The summed E-state index contributed by atoms with van der Waals surface area (Å²) in [6.07, 6.45) is 1.33. The molecule has 18 heavy (non-hydrogen) atoms. The maximum Gasteiger partial charge on any atom is 0.339 e. The van der Waals surface area contributed by atoms with Crippen molar-refractivity contribution in [2.45, 2.75) is 13.5 Å². The third kappa shape index (κ3) is 2.53. The number of benzene rings is 1. The number of carboxylic acid groups (broad SMARTS) is 1. The Labute approximate surface area is 101 Å². The zero-order valence-corrected chi connectivity index (χ0v) is 9.52. The number of carbonyl (C=O) groups is 1. The van der Waals surface area contributed by atoms with Gasteiger partial charge in [0.1, 0.15) is 17.2 Å². The standard InChI is InChI=1S/C12H10F2N2O2/c1-7-11(12(17)18)6-16(15-7)5-8-2-9(13)4-10(14)3-8/h2-4,6H,5H2,1H3,(H,17,18). The molecule has 0 aliphatic carbocycles. The Balaban J connectivity index is 2.28. The predicted octanol–water partition coefficient (Wildman–Crippen LogP) is 2.22. The number of hydrogen-bond acceptors (Lipinski definition) is 2. The molecule has 1 aromatic heterocycles. The van der Waals surface area contributed by atoms with E-state index in [4.69, 9.17) is 5.11 Å². The summed E-state index contributed by atoms with van der Waals surface area (Å²) >= 11 is 0. The molecule has 2 rings (SSSR count). The molecule has 6 heteroatoms. The van der Waals surface area contributed by atoms with E-state index in [1.165, 1.54) is 23.0 Å². The van der Waals surface area contributed by atoms with Crippen molar-refractivity contribution in [1.82, 2.24) is 9.78 Å². The molecule has 0 saturated carbocycles. The molecule has 1 heterocycles. The van der Waals surface area contributed by atoms with Gasteiger partial charge in [0, 0.05) is 12.3 Å². The zero-order valence-electron chi connectivity index (χ0n) is 9.52. The van der Waals surface area contributed by atoms with Crippen molar-refractivity contribution in [3.63, 3.8) is 0 Å². The number of carboxylic acids is 1. The van der Waals surface area contributed by atoms with Gasteiger partial charge in [-0.15, -0.1) is 0 Å². The van der Waals surface area contributed by atoms with Crippen LogP contribution in [0.5, 0.6) is 0 Å². The molecular formula is C12H10F2N2O2. The normalized spacial score (nSPS) is 10.6. The van der Waals surface area contributed by atoms with Gasteiger partial charge in [-0.3, -0.25) is 4.68 Å². The average Bonchev–Trinajstić information content (AvgIpc) is 2.57. The van der Waals surface area contributed by atoms with Crippen LogP contribution in [-0.4, -0.2) is 20.9 Å². The van der Waals surface area contributed by atoms with Crippen molar-refractivity contribution < 1.29 is 18.7 Å². The highest BCUT2D eigenvalue weighted by Gasteiger charge is 2.12. The first-order chi connectivity index (χ1) is 8.45. The number of aromatic nitrogens is 2. The lowest BCUT2D eigenvalue weighted by Gasteiger charge is -2.02. The lowest BCUT2D eigenvalue weighted by Crippen LogP contribution is -2.01. The van der Waals surface area contributed by atoms with Crippen molar-refractivity contribution in [1.29, 1.82) is 0 Å². The lowest BCUT2D eigenvalue weighted by molar-refractivity contribution is 0.0696. The number of aromatic carboxylic acids is 1. The van der Waals surface area contributed by atoms with E-state index in [1.54, 1.807) is 6.92 Å². The van der Waals surface area contributed by atoms with Crippen LogP contribution in [0.3, 0.4) is 0 Å². The first-order valence-corrected chi connectivity index (χ1v) is 5.18. The van der Waals surface area contributed by atoms with E-state index < -0.39 is 17.6 Å². The van der Waals surface area contributed by atoms with Gasteiger partial charge < -0.3 is 5.11 Å². The van der Waals surface area contributed by atoms with E-state index in [2.05, 4.69) is 5.10 Å². The third-order valence-corrected chi connectivity index (χ3v) is 2.44. The number of hydrogen-bond donors (Lipinski definition) is 1. The molecule has 1 N–H and O–H groups in total. The molecule has 4 nitrogen and oxygen atoms in total. The van der Waals surface area contributed by atoms with Crippen LogP contribution in [0, 0.1) is 18.6 Å². The molecule has 0 aliphatic heterocycles. The summed E-state index contributed by atoms with van der Waals surface area (Å²) in [4.78, 5) is 10.8. The zero-order chi connectivity index (χ0) is 13.3. The van der Waals surface area contributed by atoms with E-state index in [1.807, 2.05) is 0 Å². The summed E-state index contributed by atoms with van der Waals surface area (Å²) in [6.45, 7) is 1.68. The van der Waals surface area contributed by atoms with Crippen molar-refractivity contribution in [2.75, 3.05) is 0 Å². The largest absolute Gasteiger partial charge is 0.478 e. The number of aryl methyl sites for hydroxylation is 1. The molecule has 1 aromatic carbocycles. The molecule has 0 aliphatic rings. The SMILES string of the molecule is Cc1nn(Cc2cc(F)cc(F)c2)cc1C(=O)O. The molecule has 0 saturated heterocycles. The predicted molar refractivity (Wildman–Crippen MR) is 59.4 cm³/mol. The van der Waals surface area contributed by atoms with Crippen molar-refractivity contribution in [3.05, 3.63) is 52.9 Å². The molecule has 94 valence electrons. The smallest absolute Gasteiger partial charge is 0.339 e. The topological polar surface area (TPSA) is 55.1 Å². The Morgan fingerprint density at radius 2 is 1.94 bits per heavy atom. The van der Waals surface area contributed by atoms with Gasteiger partial charge in [-0.25, -0.2) is 13.6 Å². The number of nitrogens with zero attached hydrogens (tertiary/aromatic N) is 2. The molecule has 0 spiro atoms. The Bertz CT molecular complexity index is 588. The average molecular weight is 252 g/mol. The van der Waals surface area contributed by atoms with Crippen molar-refractivity contribution >= 4 is 5.97 Å². The van der Waals surface area contributed by atoms with Gasteiger partial charge in [-0.1, -0.05) is 0 Å². The van der Waals surface area contributed by atoms with E-state index in [0.29, 0.717) is 11.3 Å². The fourth-order valence-electron chi connectivity index (χ4n) is 1.70. The summed E-state index contributed by atoms with van der Waals surface area (Å²) in [5, 5.41) is 12.8. The van der Waals surface area contributed by atoms with Gasteiger partial charge in [0.05, 0.1) is 12.2 Å². The van der Waals surface area contributed by atoms with Gasteiger partial charge >= 0.3 is 5.97 Å². The minimum absolute atomic E-state index is 0.0758. The van der Waals surface area contributed by atoms with Gasteiger partial charge in [0.15, 0.2) is 0 Å². The van der Waals surface area contributed by atoms with Crippen LogP contribution in [-0.2, 0) is 6.54 Å². The van der Waals surface area contributed by atoms with Crippen molar-refractivity contribution in [2.24, 2.45) is 0 Å². The van der Waals surface area contributed by atoms with Crippen LogP contribution in [0.2, 0.25) is 0 Å². The highest BCUT2D eigenvalue weighted by molar-refractivity contribution is 5.88. The minimum atomic E-state index is -1.08. The lowest BCUT2D eigenvalue weighted by atomic mass is 10.2. The van der Waals surface area contributed by atoms with Gasteiger partial charge in [-0.2, -0.15) is 5.10 Å². The fourth-order valence-corrected chi connectivity index (χ4v) is 1.70. The van der Waals surface area contributed by atoms with Crippen LogP contribution < -0.4 is 0 Å². The summed E-state index contributed by atoms with van der Waals surface area (Å²) in [5.41, 5.74) is 0.818. The van der Waals surface area contributed by atoms with Crippen LogP contribution in [0.1, 0.15) is 21.6 Å². The Morgan fingerprint density at radius 3 is 2.44 bits per heavy atom. The summed E-state index contributed by atoms with van der Waals surface area (Å²) in [5.74, 6) is -2.43. The minimum Gasteiger partial charge on any atom is -0.478 e. The van der Waals surface area contributed by atoms with Crippen molar-refractivity contribution in [3.8, 4) is 0 Å². The van der Waals surface area contributed by atoms with Crippen LogP contribution >= 0.6 is 0 Å². The Kier molecular flexibility index (Phi) is 3.10. The van der Waals surface area contributed by atoms with Crippen LogP contribution in [0.4, 0.5) is 8.78 Å². The number of halogens is 2. The van der Waals surface area contributed by atoms with E-state index in [-0.39, 0.29) is 12.1 Å². The highest BCUT2D eigenvalue weighted by atomic mass is 19.1. The summed E-state index contributed by atoms with van der Waals surface area (Å²) in [7, 11) is 0. The molecule has 0 radical (unpaired) electrons. The van der Waals surface area contributed by atoms with E-state index >= 15 is 0 Å². The summed E-state index contributed by atoms with van der Waals surface area (Å²) in [6, 6.07) is 3.14. The molecule has 0 amide bonds. The quantitative estimate of drug-likeness (QED) is 0.911. The monoisotopic (exact) mass is 252 g/mol. The Morgan fingerprint density at radius 1 is 1.33 bits per heavy atom. The van der Waals surface area contributed by atoms with E-state index in [0.717, 1.165) is 6.07 Å². The highest BCUT2D eigenvalue weighted by Crippen LogP contribution is 2.11.